The van der Waals surface area contributed by atoms with Crippen molar-refractivity contribution < 1.29 is 4.79 Å². The fourth-order valence-corrected chi connectivity index (χ4v) is 2.80. The van der Waals surface area contributed by atoms with E-state index in [1.54, 1.807) is 0 Å². The van der Waals surface area contributed by atoms with Crippen LogP contribution < -0.4 is 5.32 Å². The Morgan fingerprint density at radius 2 is 2.06 bits per heavy atom. The van der Waals surface area contributed by atoms with Crippen molar-refractivity contribution in [2.75, 3.05) is 39.3 Å². The molecule has 1 amide bonds. The number of carbonyl (C=O) groups is 1. The number of nitrogens with one attached hydrogen (secondary N) is 1. The summed E-state index contributed by atoms with van der Waals surface area (Å²) in [5.41, 5.74) is 0. The van der Waals surface area contributed by atoms with Crippen molar-refractivity contribution in [1.29, 1.82) is 0 Å². The van der Waals surface area contributed by atoms with E-state index in [0.29, 0.717) is 11.9 Å². The fourth-order valence-electron chi connectivity index (χ4n) is 2.80. The lowest BCUT2D eigenvalue weighted by Crippen LogP contribution is -2.40. The first-order valence-corrected chi connectivity index (χ1v) is 6.92. The van der Waals surface area contributed by atoms with Gasteiger partial charge in [-0.2, -0.15) is 0 Å². The number of rotatable bonds is 2. The summed E-state index contributed by atoms with van der Waals surface area (Å²) in [6.45, 7) is 10.4. The molecular formula is C13H25N3O. The van der Waals surface area contributed by atoms with Crippen molar-refractivity contribution in [3.05, 3.63) is 0 Å². The Morgan fingerprint density at radius 3 is 2.71 bits per heavy atom. The molecule has 2 fully saturated rings. The Labute approximate surface area is 104 Å². The Morgan fingerprint density at radius 1 is 1.24 bits per heavy atom. The van der Waals surface area contributed by atoms with Gasteiger partial charge in [-0.1, -0.05) is 0 Å². The second-order valence-electron chi connectivity index (χ2n) is 5.50. The first-order valence-electron chi connectivity index (χ1n) is 6.92. The average Bonchev–Trinajstić information content (AvgIpc) is 2.71. The van der Waals surface area contributed by atoms with Crippen LogP contribution in [0.5, 0.6) is 0 Å². The maximum absolute atomic E-state index is 12.3. The number of carbonyl (C=O) groups excluding carboxylic acids is 1. The van der Waals surface area contributed by atoms with E-state index in [-0.39, 0.29) is 5.92 Å². The van der Waals surface area contributed by atoms with Crippen LogP contribution in [-0.2, 0) is 4.79 Å². The van der Waals surface area contributed by atoms with E-state index < -0.39 is 0 Å². The van der Waals surface area contributed by atoms with Crippen LogP contribution in [-0.4, -0.2) is 61.0 Å². The van der Waals surface area contributed by atoms with Crippen molar-refractivity contribution in [2.45, 2.75) is 32.7 Å². The highest BCUT2D eigenvalue weighted by atomic mass is 16.2. The molecule has 0 spiro atoms. The van der Waals surface area contributed by atoms with Gasteiger partial charge < -0.3 is 10.2 Å². The second kappa shape index (κ2) is 5.83. The lowest BCUT2D eigenvalue weighted by molar-refractivity contribution is -0.134. The third-order valence-electron chi connectivity index (χ3n) is 3.98. The average molecular weight is 239 g/mol. The zero-order chi connectivity index (χ0) is 12.3. The molecule has 0 aliphatic carbocycles. The Bertz CT molecular complexity index is 261. The minimum Gasteiger partial charge on any atom is -0.341 e. The maximum atomic E-state index is 12.3. The number of hydrogen-bond acceptors (Lipinski definition) is 3. The largest absolute Gasteiger partial charge is 0.341 e. The van der Waals surface area contributed by atoms with Gasteiger partial charge in [0.05, 0.1) is 5.92 Å². The molecule has 0 bridgehead atoms. The van der Waals surface area contributed by atoms with Gasteiger partial charge in [0.2, 0.25) is 5.91 Å². The number of hydrogen-bond donors (Lipinski definition) is 1. The van der Waals surface area contributed by atoms with E-state index >= 15 is 0 Å². The van der Waals surface area contributed by atoms with E-state index in [9.17, 15) is 4.79 Å². The van der Waals surface area contributed by atoms with Crippen molar-refractivity contribution >= 4 is 5.91 Å². The van der Waals surface area contributed by atoms with E-state index in [4.69, 9.17) is 0 Å². The zero-order valence-corrected chi connectivity index (χ0v) is 11.1. The van der Waals surface area contributed by atoms with Gasteiger partial charge in [-0.3, -0.25) is 9.69 Å². The lowest BCUT2D eigenvalue weighted by atomic mass is 10.1. The molecule has 17 heavy (non-hydrogen) atoms. The topological polar surface area (TPSA) is 35.6 Å². The third kappa shape index (κ3) is 3.19. The van der Waals surface area contributed by atoms with Gasteiger partial charge in [-0.05, 0) is 33.2 Å². The Balaban J connectivity index is 1.87. The SMILES string of the molecule is CC(C)N1CCCN(C(=O)C2CCNC2)CC1. The standard InChI is InChI=1S/C13H25N3O/c1-11(2)15-6-3-7-16(9-8-15)13(17)12-4-5-14-10-12/h11-12,14H,3-10H2,1-2H3. The minimum absolute atomic E-state index is 0.237. The molecule has 4 nitrogen and oxygen atoms in total. The van der Waals surface area contributed by atoms with Crippen LogP contribution in [0.25, 0.3) is 0 Å². The zero-order valence-electron chi connectivity index (χ0n) is 11.1. The third-order valence-corrected chi connectivity index (χ3v) is 3.98. The predicted octanol–water partition coefficient (Wildman–Crippen LogP) is 0.539. The molecule has 2 heterocycles. The molecule has 2 rings (SSSR count). The molecule has 2 saturated heterocycles. The molecule has 0 aromatic carbocycles. The molecule has 1 atom stereocenters. The minimum atomic E-state index is 0.237. The van der Waals surface area contributed by atoms with Crippen LogP contribution in [0.1, 0.15) is 26.7 Å². The van der Waals surface area contributed by atoms with Gasteiger partial charge in [-0.15, -0.1) is 0 Å². The molecule has 0 saturated carbocycles. The molecule has 1 N–H and O–H groups in total. The Kier molecular flexibility index (Phi) is 4.40. The van der Waals surface area contributed by atoms with Crippen molar-refractivity contribution in [3.63, 3.8) is 0 Å². The van der Waals surface area contributed by atoms with Gasteiger partial charge in [0.25, 0.3) is 0 Å². The smallest absolute Gasteiger partial charge is 0.227 e. The van der Waals surface area contributed by atoms with Crippen molar-refractivity contribution in [2.24, 2.45) is 5.92 Å². The van der Waals surface area contributed by atoms with Crippen LogP contribution in [0, 0.1) is 5.92 Å². The van der Waals surface area contributed by atoms with Gasteiger partial charge in [0.1, 0.15) is 0 Å². The van der Waals surface area contributed by atoms with Crippen molar-refractivity contribution in [1.82, 2.24) is 15.1 Å². The molecule has 2 aliphatic rings. The summed E-state index contributed by atoms with van der Waals surface area (Å²) >= 11 is 0. The molecule has 0 aromatic heterocycles. The molecule has 0 aromatic rings. The van der Waals surface area contributed by atoms with Gasteiger partial charge >= 0.3 is 0 Å². The highest BCUT2D eigenvalue weighted by Crippen LogP contribution is 2.14. The van der Waals surface area contributed by atoms with E-state index in [2.05, 4.69) is 29.0 Å². The molecule has 1 unspecified atom stereocenters. The molecule has 98 valence electrons. The van der Waals surface area contributed by atoms with Gasteiger partial charge in [0.15, 0.2) is 0 Å². The van der Waals surface area contributed by atoms with Gasteiger partial charge in [0, 0.05) is 38.8 Å². The second-order valence-corrected chi connectivity index (χ2v) is 5.50. The molecule has 0 radical (unpaired) electrons. The first kappa shape index (κ1) is 12.8. The van der Waals surface area contributed by atoms with Crippen LogP contribution >= 0.6 is 0 Å². The monoisotopic (exact) mass is 239 g/mol. The maximum Gasteiger partial charge on any atom is 0.227 e. The summed E-state index contributed by atoms with van der Waals surface area (Å²) in [7, 11) is 0. The van der Waals surface area contributed by atoms with Crippen LogP contribution in [0.3, 0.4) is 0 Å². The summed E-state index contributed by atoms with van der Waals surface area (Å²) in [6, 6.07) is 0.596. The number of nitrogens with zero attached hydrogens (tertiary/aromatic N) is 2. The summed E-state index contributed by atoms with van der Waals surface area (Å²) < 4.78 is 0. The normalized spacial score (nSPS) is 27.5. The molecule has 4 heteroatoms. The molecular weight excluding hydrogens is 214 g/mol. The summed E-state index contributed by atoms with van der Waals surface area (Å²) in [5, 5.41) is 3.28. The predicted molar refractivity (Wildman–Crippen MR) is 68.9 cm³/mol. The summed E-state index contributed by atoms with van der Waals surface area (Å²) in [5.74, 6) is 0.612. The van der Waals surface area contributed by atoms with Crippen LogP contribution in [0.15, 0.2) is 0 Å². The van der Waals surface area contributed by atoms with Crippen LogP contribution in [0.2, 0.25) is 0 Å². The quantitative estimate of drug-likeness (QED) is 0.764. The first-order chi connectivity index (χ1) is 8.18. The van der Waals surface area contributed by atoms with E-state index in [1.807, 2.05) is 0 Å². The fraction of sp³-hybridized carbons (Fsp3) is 0.923. The molecule has 2 aliphatic heterocycles. The number of amides is 1. The lowest BCUT2D eigenvalue weighted by Gasteiger charge is -2.26. The Hall–Kier alpha value is -0.610. The summed E-state index contributed by atoms with van der Waals surface area (Å²) in [4.78, 5) is 16.9. The van der Waals surface area contributed by atoms with E-state index in [1.165, 1.54) is 0 Å². The highest BCUT2D eigenvalue weighted by molar-refractivity contribution is 5.79. The van der Waals surface area contributed by atoms with Crippen molar-refractivity contribution in [3.8, 4) is 0 Å². The highest BCUT2D eigenvalue weighted by Gasteiger charge is 2.28. The van der Waals surface area contributed by atoms with Crippen LogP contribution in [0.4, 0.5) is 0 Å². The van der Waals surface area contributed by atoms with E-state index in [0.717, 1.165) is 52.1 Å². The van der Waals surface area contributed by atoms with Gasteiger partial charge in [-0.25, -0.2) is 0 Å². The summed E-state index contributed by atoms with van der Waals surface area (Å²) in [6.07, 6.45) is 2.13.